The summed E-state index contributed by atoms with van der Waals surface area (Å²) in [5.74, 6) is -0.946. The van der Waals surface area contributed by atoms with Crippen LogP contribution in [0.15, 0.2) is 138 Å². The number of aliphatic carboxylic acids is 1. The van der Waals surface area contributed by atoms with Crippen molar-refractivity contribution < 1.29 is 9.90 Å². The van der Waals surface area contributed by atoms with Gasteiger partial charge in [-0.2, -0.15) is 0 Å². The van der Waals surface area contributed by atoms with E-state index in [4.69, 9.17) is 0 Å². The fraction of sp³-hybridized carbons (Fsp3) is 0.150. The molecule has 0 aliphatic carbocycles. The Kier molecular flexibility index (Phi) is 8.20. The molecule has 1 atom stereocenters. The van der Waals surface area contributed by atoms with Crippen LogP contribution in [0.1, 0.15) is 33.5 Å². The molecule has 0 bridgehead atoms. The van der Waals surface area contributed by atoms with Gasteiger partial charge in [-0.15, -0.1) is 0 Å². The van der Waals surface area contributed by atoms with Gasteiger partial charge in [0.2, 0.25) is 0 Å². The number of hydrogen-bond acceptors (Lipinski definition) is 3. The Balaban J connectivity index is 1.50. The molecule has 0 saturated carbocycles. The average Bonchev–Trinajstić information content (AvgIpc) is 3.07. The fourth-order valence-electron chi connectivity index (χ4n) is 6.56. The van der Waals surface area contributed by atoms with Crippen LogP contribution in [0.5, 0.6) is 0 Å². The molecule has 1 heterocycles. The number of rotatable bonds is 9. The van der Waals surface area contributed by atoms with Crippen LogP contribution in [0.4, 0.5) is 0 Å². The zero-order chi connectivity index (χ0) is 31.6. The maximum atomic E-state index is 13.4. The van der Waals surface area contributed by atoms with E-state index < -0.39 is 17.6 Å². The van der Waals surface area contributed by atoms with Crippen LogP contribution in [0.25, 0.3) is 21.9 Å². The summed E-state index contributed by atoms with van der Waals surface area (Å²) in [6.07, 6.45) is 0.231. The summed E-state index contributed by atoms with van der Waals surface area (Å²) in [7, 11) is 1.79. The molecule has 6 aromatic rings. The number of aromatic nitrogens is 1. The van der Waals surface area contributed by atoms with E-state index in [1.165, 1.54) is 0 Å². The molecule has 45 heavy (non-hydrogen) atoms. The molecule has 6 rings (SSSR count). The van der Waals surface area contributed by atoms with Gasteiger partial charge in [0.15, 0.2) is 0 Å². The Hall–Kier alpha value is -5.26. The molecule has 5 nitrogen and oxygen atoms in total. The van der Waals surface area contributed by atoms with Gasteiger partial charge in [-0.1, -0.05) is 127 Å². The largest absolute Gasteiger partial charge is 0.480 e. The molecule has 5 heteroatoms. The van der Waals surface area contributed by atoms with Gasteiger partial charge in [-0.3, -0.25) is 14.9 Å². The average molecular weight is 593 g/mol. The highest BCUT2D eigenvalue weighted by Crippen LogP contribution is 2.38. The molecule has 5 aromatic carbocycles. The van der Waals surface area contributed by atoms with Crippen molar-refractivity contribution in [3.63, 3.8) is 0 Å². The van der Waals surface area contributed by atoms with Crippen molar-refractivity contribution in [3.8, 4) is 11.1 Å². The Morgan fingerprint density at radius 2 is 1.22 bits per heavy atom. The second-order valence-electron chi connectivity index (χ2n) is 11.6. The summed E-state index contributed by atoms with van der Waals surface area (Å²) >= 11 is 0. The first kappa shape index (κ1) is 29.8. The van der Waals surface area contributed by atoms with E-state index in [2.05, 4.69) is 5.32 Å². The number of benzene rings is 5. The number of carboxylic acids is 1. The summed E-state index contributed by atoms with van der Waals surface area (Å²) in [6.45, 7) is 3.89. The maximum absolute atomic E-state index is 13.4. The monoisotopic (exact) mass is 592 g/mol. The van der Waals surface area contributed by atoms with Crippen LogP contribution in [0.3, 0.4) is 0 Å². The lowest BCUT2D eigenvalue weighted by molar-refractivity contribution is -0.139. The van der Waals surface area contributed by atoms with E-state index in [9.17, 15) is 14.7 Å². The number of nitrogens with one attached hydrogen (secondary N) is 1. The van der Waals surface area contributed by atoms with Crippen molar-refractivity contribution >= 4 is 16.7 Å². The zero-order valence-electron chi connectivity index (χ0n) is 25.7. The van der Waals surface area contributed by atoms with Gasteiger partial charge >= 0.3 is 5.97 Å². The second kappa shape index (κ2) is 12.4. The van der Waals surface area contributed by atoms with Crippen molar-refractivity contribution in [2.24, 2.45) is 7.05 Å². The third-order valence-corrected chi connectivity index (χ3v) is 8.88. The van der Waals surface area contributed by atoms with Crippen LogP contribution in [-0.4, -0.2) is 21.7 Å². The Morgan fingerprint density at radius 3 is 1.73 bits per heavy atom. The van der Waals surface area contributed by atoms with Crippen molar-refractivity contribution in [2.45, 2.75) is 31.8 Å². The summed E-state index contributed by atoms with van der Waals surface area (Å²) < 4.78 is 1.67. The number of nitrogens with zero attached hydrogens (tertiary/aromatic N) is 1. The lowest BCUT2D eigenvalue weighted by atomic mass is 9.76. The van der Waals surface area contributed by atoms with E-state index in [0.29, 0.717) is 5.56 Å². The highest BCUT2D eigenvalue weighted by molar-refractivity contribution is 5.99. The van der Waals surface area contributed by atoms with E-state index >= 15 is 0 Å². The standard InChI is InChI=1S/C40H36N2O3/c1-27-25-28(2)42(3)38(43)37(27)35-24-23-29(33-21-13-14-22-34(33)35)26-36(39(44)45)41-40(30-15-7-4-8-16-30,31-17-9-5-10-18-31)32-19-11-6-12-20-32/h4-25,36,41H,26H2,1-3H3,(H,44,45). The van der Waals surface area contributed by atoms with Crippen molar-refractivity contribution in [2.75, 3.05) is 0 Å². The van der Waals surface area contributed by atoms with E-state index in [1.807, 2.05) is 147 Å². The van der Waals surface area contributed by atoms with Crippen LogP contribution in [-0.2, 0) is 23.8 Å². The third-order valence-electron chi connectivity index (χ3n) is 8.88. The summed E-state index contributed by atoms with van der Waals surface area (Å²) in [5.41, 5.74) is 6.06. The van der Waals surface area contributed by atoms with Crippen molar-refractivity contribution in [3.05, 3.63) is 177 Å². The highest BCUT2D eigenvalue weighted by atomic mass is 16.4. The van der Waals surface area contributed by atoms with E-state index in [0.717, 1.165) is 49.8 Å². The van der Waals surface area contributed by atoms with Gasteiger partial charge in [0.25, 0.3) is 5.56 Å². The first-order chi connectivity index (χ1) is 21.8. The number of carbonyl (C=O) groups is 1. The minimum absolute atomic E-state index is 0.0474. The minimum atomic E-state index is -0.950. The van der Waals surface area contributed by atoms with Crippen molar-refractivity contribution in [1.82, 2.24) is 9.88 Å². The smallest absolute Gasteiger partial charge is 0.321 e. The Morgan fingerprint density at radius 1 is 0.733 bits per heavy atom. The molecule has 1 aromatic heterocycles. The summed E-state index contributed by atoms with van der Waals surface area (Å²) in [5, 5.41) is 16.3. The third kappa shape index (κ3) is 5.47. The van der Waals surface area contributed by atoms with Crippen LogP contribution < -0.4 is 10.9 Å². The molecule has 1 unspecified atom stereocenters. The van der Waals surface area contributed by atoms with Gasteiger partial charge < -0.3 is 9.67 Å². The molecular formula is C40H36N2O3. The molecule has 0 radical (unpaired) electrons. The summed E-state index contributed by atoms with van der Waals surface area (Å²) in [6, 6.07) is 43.0. The van der Waals surface area contributed by atoms with E-state index in [-0.39, 0.29) is 12.0 Å². The normalized spacial score (nSPS) is 12.2. The molecule has 2 N–H and O–H groups in total. The first-order valence-electron chi connectivity index (χ1n) is 15.2. The lowest BCUT2D eigenvalue weighted by Gasteiger charge is -2.39. The Bertz CT molecular complexity index is 1940. The van der Waals surface area contributed by atoms with Gasteiger partial charge in [0.1, 0.15) is 6.04 Å². The molecule has 0 aliphatic heterocycles. The lowest BCUT2D eigenvalue weighted by Crippen LogP contribution is -2.53. The predicted molar refractivity (Wildman–Crippen MR) is 182 cm³/mol. The molecule has 0 fully saturated rings. The first-order valence-corrected chi connectivity index (χ1v) is 15.2. The topological polar surface area (TPSA) is 71.3 Å². The summed E-state index contributed by atoms with van der Waals surface area (Å²) in [4.78, 5) is 26.6. The molecular weight excluding hydrogens is 556 g/mol. The minimum Gasteiger partial charge on any atom is -0.480 e. The van der Waals surface area contributed by atoms with Crippen LogP contribution >= 0.6 is 0 Å². The molecule has 0 aliphatic rings. The number of carboxylic acid groups (broad SMARTS) is 1. The quantitative estimate of drug-likeness (QED) is 0.172. The van der Waals surface area contributed by atoms with Crippen LogP contribution in [0, 0.1) is 13.8 Å². The Labute approximate surface area is 263 Å². The number of fused-ring (bicyclic) bond motifs is 1. The van der Waals surface area contributed by atoms with Crippen molar-refractivity contribution in [1.29, 1.82) is 0 Å². The van der Waals surface area contributed by atoms with Gasteiger partial charge in [0.05, 0.1) is 11.1 Å². The van der Waals surface area contributed by atoms with E-state index in [1.54, 1.807) is 11.6 Å². The molecule has 0 saturated heterocycles. The fourth-order valence-corrected chi connectivity index (χ4v) is 6.56. The SMILES string of the molecule is Cc1cc(C)n(C)c(=O)c1-c1ccc(CC(NC(c2ccccc2)(c2ccccc2)c2ccccc2)C(=O)O)c2ccccc12. The van der Waals surface area contributed by atoms with Gasteiger partial charge in [-0.05, 0) is 70.5 Å². The maximum Gasteiger partial charge on any atom is 0.321 e. The second-order valence-corrected chi connectivity index (χ2v) is 11.6. The molecule has 0 spiro atoms. The highest BCUT2D eigenvalue weighted by Gasteiger charge is 2.40. The predicted octanol–water partition coefficient (Wildman–Crippen LogP) is 7.40. The number of hydrogen-bond donors (Lipinski definition) is 2. The number of pyridine rings is 1. The van der Waals surface area contributed by atoms with Gasteiger partial charge in [0, 0.05) is 12.7 Å². The number of aryl methyl sites for hydroxylation is 2. The molecule has 0 amide bonds. The van der Waals surface area contributed by atoms with Crippen LogP contribution in [0.2, 0.25) is 0 Å². The molecule has 224 valence electrons. The zero-order valence-corrected chi connectivity index (χ0v) is 25.7. The van der Waals surface area contributed by atoms with Gasteiger partial charge in [-0.25, -0.2) is 0 Å².